The van der Waals surface area contributed by atoms with Gasteiger partial charge in [0.25, 0.3) is 0 Å². The Balaban J connectivity index is 2.25. The first-order chi connectivity index (χ1) is 8.72. The number of nitrogens with one attached hydrogen (secondary N) is 1. The molecule has 0 saturated carbocycles. The third kappa shape index (κ3) is 2.92. The maximum atomic E-state index is 13.8. The monoisotopic (exact) mass is 267 g/mol. The summed E-state index contributed by atoms with van der Waals surface area (Å²) in [6, 6.07) is 6.43. The largest absolute Gasteiger partial charge is 0.467 e. The third-order valence-electron chi connectivity index (χ3n) is 2.68. The van der Waals surface area contributed by atoms with Gasteiger partial charge in [-0.15, -0.1) is 0 Å². The van der Waals surface area contributed by atoms with Crippen LogP contribution in [0.2, 0.25) is 5.02 Å². The van der Waals surface area contributed by atoms with Gasteiger partial charge in [0.15, 0.2) is 0 Å². The Morgan fingerprint density at radius 3 is 2.83 bits per heavy atom. The van der Waals surface area contributed by atoms with E-state index in [0.717, 1.165) is 24.3 Å². The SMILES string of the molecule is CCCNCc1occc1-c1ccc(Cl)cc1F. The van der Waals surface area contributed by atoms with Crippen LogP contribution in [0, 0.1) is 5.82 Å². The fourth-order valence-electron chi connectivity index (χ4n) is 1.80. The van der Waals surface area contributed by atoms with Gasteiger partial charge in [-0.25, -0.2) is 4.39 Å². The van der Waals surface area contributed by atoms with Crippen molar-refractivity contribution in [2.45, 2.75) is 19.9 Å². The van der Waals surface area contributed by atoms with E-state index in [1.54, 1.807) is 24.5 Å². The number of benzene rings is 1. The van der Waals surface area contributed by atoms with Crippen LogP contribution in [-0.2, 0) is 6.54 Å². The summed E-state index contributed by atoms with van der Waals surface area (Å²) in [5, 5.41) is 3.63. The molecule has 0 aliphatic carbocycles. The predicted octanol–water partition coefficient (Wildman–Crippen LogP) is 4.24. The molecule has 0 fully saturated rings. The van der Waals surface area contributed by atoms with Crippen LogP contribution < -0.4 is 5.32 Å². The quantitative estimate of drug-likeness (QED) is 0.820. The molecule has 0 amide bonds. The molecule has 96 valence electrons. The number of hydrogen-bond donors (Lipinski definition) is 1. The molecule has 0 atom stereocenters. The fourth-order valence-corrected chi connectivity index (χ4v) is 1.96. The third-order valence-corrected chi connectivity index (χ3v) is 2.91. The van der Waals surface area contributed by atoms with Crippen molar-refractivity contribution in [1.82, 2.24) is 5.32 Å². The molecule has 1 aromatic heterocycles. The lowest BCUT2D eigenvalue weighted by atomic mass is 10.1. The number of halogens is 2. The summed E-state index contributed by atoms with van der Waals surface area (Å²) in [5.41, 5.74) is 1.29. The number of rotatable bonds is 5. The molecule has 0 spiro atoms. The summed E-state index contributed by atoms with van der Waals surface area (Å²) >= 11 is 5.74. The van der Waals surface area contributed by atoms with E-state index >= 15 is 0 Å². The van der Waals surface area contributed by atoms with E-state index in [1.165, 1.54) is 6.07 Å². The lowest BCUT2D eigenvalue weighted by molar-refractivity contribution is 0.484. The van der Waals surface area contributed by atoms with Gasteiger partial charge >= 0.3 is 0 Å². The van der Waals surface area contributed by atoms with Gasteiger partial charge in [0, 0.05) is 16.1 Å². The maximum absolute atomic E-state index is 13.8. The molecular weight excluding hydrogens is 253 g/mol. The first-order valence-electron chi connectivity index (χ1n) is 5.95. The first-order valence-corrected chi connectivity index (χ1v) is 6.32. The highest BCUT2D eigenvalue weighted by atomic mass is 35.5. The van der Waals surface area contributed by atoms with Crippen molar-refractivity contribution >= 4 is 11.6 Å². The van der Waals surface area contributed by atoms with Crippen LogP contribution in [0.3, 0.4) is 0 Å². The van der Waals surface area contributed by atoms with Crippen molar-refractivity contribution in [3.63, 3.8) is 0 Å². The number of furan rings is 1. The van der Waals surface area contributed by atoms with Crippen molar-refractivity contribution in [3.05, 3.63) is 47.1 Å². The Kier molecular flexibility index (Phi) is 4.39. The zero-order valence-electron chi connectivity index (χ0n) is 10.2. The molecule has 2 nitrogen and oxygen atoms in total. The minimum absolute atomic E-state index is 0.333. The normalized spacial score (nSPS) is 10.8. The molecule has 0 radical (unpaired) electrons. The van der Waals surface area contributed by atoms with Gasteiger partial charge < -0.3 is 9.73 Å². The van der Waals surface area contributed by atoms with Gasteiger partial charge in [-0.3, -0.25) is 0 Å². The van der Waals surface area contributed by atoms with Gasteiger partial charge in [0.05, 0.1) is 12.8 Å². The van der Waals surface area contributed by atoms with Crippen LogP contribution >= 0.6 is 11.6 Å². The van der Waals surface area contributed by atoms with Gasteiger partial charge in [-0.05, 0) is 37.2 Å². The van der Waals surface area contributed by atoms with Crippen LogP contribution in [0.5, 0.6) is 0 Å². The summed E-state index contributed by atoms with van der Waals surface area (Å²) in [4.78, 5) is 0. The Bertz CT molecular complexity index is 524. The highest BCUT2D eigenvalue weighted by molar-refractivity contribution is 6.30. The molecule has 0 bridgehead atoms. The Labute approximate surface area is 111 Å². The molecule has 0 saturated heterocycles. The van der Waals surface area contributed by atoms with Crippen LogP contribution in [0.15, 0.2) is 34.9 Å². The average Bonchev–Trinajstić information content (AvgIpc) is 2.78. The molecule has 18 heavy (non-hydrogen) atoms. The first kappa shape index (κ1) is 13.1. The van der Waals surface area contributed by atoms with E-state index in [-0.39, 0.29) is 5.82 Å². The van der Waals surface area contributed by atoms with Gasteiger partial charge in [0.1, 0.15) is 11.6 Å². The van der Waals surface area contributed by atoms with Gasteiger partial charge in [-0.2, -0.15) is 0 Å². The van der Waals surface area contributed by atoms with E-state index in [4.69, 9.17) is 16.0 Å². The standard InChI is InChI=1S/C14H15ClFNO/c1-2-6-17-9-14-12(5-7-18-14)11-4-3-10(15)8-13(11)16/h3-5,7-8,17H,2,6,9H2,1H3. The van der Waals surface area contributed by atoms with Crippen LogP contribution in [0.25, 0.3) is 11.1 Å². The minimum atomic E-state index is -0.333. The van der Waals surface area contributed by atoms with E-state index in [1.807, 2.05) is 0 Å². The topological polar surface area (TPSA) is 25.2 Å². The van der Waals surface area contributed by atoms with Crippen molar-refractivity contribution in [3.8, 4) is 11.1 Å². The molecule has 2 aromatic rings. The van der Waals surface area contributed by atoms with E-state index in [9.17, 15) is 4.39 Å². The van der Waals surface area contributed by atoms with Crippen molar-refractivity contribution < 1.29 is 8.81 Å². The van der Waals surface area contributed by atoms with Crippen molar-refractivity contribution in [1.29, 1.82) is 0 Å². The second-order valence-corrected chi connectivity index (χ2v) is 4.49. The fraction of sp³-hybridized carbons (Fsp3) is 0.286. The lowest BCUT2D eigenvalue weighted by Crippen LogP contribution is -2.13. The lowest BCUT2D eigenvalue weighted by Gasteiger charge is -2.05. The van der Waals surface area contributed by atoms with Crippen molar-refractivity contribution in [2.75, 3.05) is 6.54 Å². The Morgan fingerprint density at radius 1 is 1.28 bits per heavy atom. The zero-order chi connectivity index (χ0) is 13.0. The van der Waals surface area contributed by atoms with E-state index < -0.39 is 0 Å². The van der Waals surface area contributed by atoms with Gasteiger partial charge in [-0.1, -0.05) is 18.5 Å². The van der Waals surface area contributed by atoms with Crippen LogP contribution in [0.1, 0.15) is 19.1 Å². The summed E-state index contributed by atoms with van der Waals surface area (Å²) in [6.45, 7) is 3.59. The highest BCUT2D eigenvalue weighted by Gasteiger charge is 2.12. The molecule has 1 heterocycles. The molecule has 2 rings (SSSR count). The Hall–Kier alpha value is -1.32. The summed E-state index contributed by atoms with van der Waals surface area (Å²) in [7, 11) is 0. The summed E-state index contributed by atoms with van der Waals surface area (Å²) in [6.07, 6.45) is 2.62. The Morgan fingerprint density at radius 2 is 2.11 bits per heavy atom. The molecule has 1 N–H and O–H groups in total. The second-order valence-electron chi connectivity index (χ2n) is 4.06. The predicted molar refractivity (Wildman–Crippen MR) is 71.1 cm³/mol. The van der Waals surface area contributed by atoms with Crippen LogP contribution in [-0.4, -0.2) is 6.54 Å². The maximum Gasteiger partial charge on any atom is 0.132 e. The zero-order valence-corrected chi connectivity index (χ0v) is 10.9. The van der Waals surface area contributed by atoms with E-state index in [0.29, 0.717) is 17.1 Å². The summed E-state index contributed by atoms with van der Waals surface area (Å²) in [5.74, 6) is 0.408. The number of hydrogen-bond acceptors (Lipinski definition) is 2. The average molecular weight is 268 g/mol. The second kappa shape index (κ2) is 6.03. The summed E-state index contributed by atoms with van der Waals surface area (Å²) < 4.78 is 19.2. The highest BCUT2D eigenvalue weighted by Crippen LogP contribution is 2.29. The molecule has 0 unspecified atom stereocenters. The van der Waals surface area contributed by atoms with E-state index in [2.05, 4.69) is 12.2 Å². The molecule has 0 aliphatic rings. The van der Waals surface area contributed by atoms with Crippen LogP contribution in [0.4, 0.5) is 4.39 Å². The molecule has 4 heteroatoms. The molecular formula is C14H15ClFNO. The smallest absolute Gasteiger partial charge is 0.132 e. The molecule has 1 aromatic carbocycles. The minimum Gasteiger partial charge on any atom is -0.467 e. The molecule has 0 aliphatic heterocycles. The van der Waals surface area contributed by atoms with Crippen molar-refractivity contribution in [2.24, 2.45) is 0 Å². The van der Waals surface area contributed by atoms with Gasteiger partial charge in [0.2, 0.25) is 0 Å².